The van der Waals surface area contributed by atoms with Crippen LogP contribution >= 0.6 is 12.4 Å². The Balaban J connectivity index is 0.00000288. The lowest BCUT2D eigenvalue weighted by Crippen LogP contribution is -2.41. The van der Waals surface area contributed by atoms with Crippen molar-refractivity contribution in [3.63, 3.8) is 0 Å². The smallest absolute Gasteiger partial charge is 0.241 e. The van der Waals surface area contributed by atoms with Gasteiger partial charge in [-0.15, -0.1) is 12.4 Å². The van der Waals surface area contributed by atoms with Crippen LogP contribution in [-0.2, 0) is 10.2 Å². The van der Waals surface area contributed by atoms with Crippen molar-refractivity contribution < 1.29 is 4.79 Å². The van der Waals surface area contributed by atoms with Gasteiger partial charge in [0, 0.05) is 12.0 Å². The number of aryl methyl sites for hydroxylation is 2. The fraction of sp³-hybridized carbons (Fsp3) is 0.350. The zero-order chi connectivity index (χ0) is 17.0. The van der Waals surface area contributed by atoms with E-state index in [0.29, 0.717) is 6.54 Å². The van der Waals surface area contributed by atoms with Gasteiger partial charge in [-0.05, 0) is 30.5 Å². The maximum absolute atomic E-state index is 12.4. The second-order valence-corrected chi connectivity index (χ2v) is 6.80. The van der Waals surface area contributed by atoms with Crippen LogP contribution in [0.4, 0.5) is 0 Å². The molecular weight excluding hydrogens is 320 g/mol. The Bertz CT molecular complexity index is 680. The molecule has 0 radical (unpaired) electrons. The Morgan fingerprint density at radius 3 is 2.25 bits per heavy atom. The second kappa shape index (κ2) is 8.32. The van der Waals surface area contributed by atoms with E-state index in [9.17, 15) is 4.79 Å². The molecule has 0 fully saturated rings. The number of carbonyl (C=O) groups excluding carboxylic acids is 1. The van der Waals surface area contributed by atoms with E-state index < -0.39 is 6.04 Å². The molecule has 3 nitrogen and oxygen atoms in total. The van der Waals surface area contributed by atoms with E-state index >= 15 is 0 Å². The molecule has 0 saturated heterocycles. The van der Waals surface area contributed by atoms with Gasteiger partial charge in [0.1, 0.15) is 6.04 Å². The predicted octanol–water partition coefficient (Wildman–Crippen LogP) is 3.82. The zero-order valence-corrected chi connectivity index (χ0v) is 15.6. The largest absolute Gasteiger partial charge is 0.354 e. The number of halogens is 1. The molecule has 0 heterocycles. The molecule has 4 heteroatoms. The summed E-state index contributed by atoms with van der Waals surface area (Å²) >= 11 is 0. The minimum absolute atomic E-state index is 0. The SMILES string of the molecule is Cc1ccc(C(N)C(=O)NCC(C)(C)c2ccccc2C)cc1.Cl. The van der Waals surface area contributed by atoms with Gasteiger partial charge in [0.25, 0.3) is 0 Å². The van der Waals surface area contributed by atoms with Crippen LogP contribution < -0.4 is 11.1 Å². The van der Waals surface area contributed by atoms with Crippen molar-refractivity contribution in [2.24, 2.45) is 5.73 Å². The fourth-order valence-corrected chi connectivity index (χ4v) is 2.77. The Morgan fingerprint density at radius 1 is 1.08 bits per heavy atom. The van der Waals surface area contributed by atoms with Crippen molar-refractivity contribution in [2.45, 2.75) is 39.2 Å². The first kappa shape index (κ1) is 20.2. The molecule has 0 aliphatic heterocycles. The average Bonchev–Trinajstić information content (AvgIpc) is 2.53. The van der Waals surface area contributed by atoms with Gasteiger partial charge >= 0.3 is 0 Å². The fourth-order valence-electron chi connectivity index (χ4n) is 2.77. The van der Waals surface area contributed by atoms with Crippen molar-refractivity contribution in [2.75, 3.05) is 6.54 Å². The van der Waals surface area contributed by atoms with Crippen molar-refractivity contribution in [3.8, 4) is 0 Å². The lowest BCUT2D eigenvalue weighted by Gasteiger charge is -2.28. The quantitative estimate of drug-likeness (QED) is 0.864. The molecule has 0 aliphatic carbocycles. The summed E-state index contributed by atoms with van der Waals surface area (Å²) in [4.78, 5) is 12.4. The first-order valence-corrected chi connectivity index (χ1v) is 7.97. The zero-order valence-electron chi connectivity index (χ0n) is 14.8. The van der Waals surface area contributed by atoms with E-state index in [-0.39, 0.29) is 23.7 Å². The maximum Gasteiger partial charge on any atom is 0.241 e. The summed E-state index contributed by atoms with van der Waals surface area (Å²) in [6.45, 7) is 8.92. The lowest BCUT2D eigenvalue weighted by molar-refractivity contribution is -0.122. The molecule has 0 bridgehead atoms. The molecule has 1 amide bonds. The van der Waals surface area contributed by atoms with E-state index in [1.807, 2.05) is 43.3 Å². The third-order valence-corrected chi connectivity index (χ3v) is 4.30. The number of hydrogen-bond donors (Lipinski definition) is 2. The van der Waals surface area contributed by atoms with Crippen LogP contribution in [0.3, 0.4) is 0 Å². The van der Waals surface area contributed by atoms with Crippen LogP contribution in [0.15, 0.2) is 48.5 Å². The van der Waals surface area contributed by atoms with Crippen LogP contribution in [0.2, 0.25) is 0 Å². The first-order chi connectivity index (χ1) is 10.8. The Morgan fingerprint density at radius 2 is 1.67 bits per heavy atom. The van der Waals surface area contributed by atoms with Crippen molar-refractivity contribution in [3.05, 3.63) is 70.8 Å². The number of nitrogens with two attached hydrogens (primary N) is 1. The van der Waals surface area contributed by atoms with Gasteiger partial charge in [-0.2, -0.15) is 0 Å². The summed E-state index contributed by atoms with van der Waals surface area (Å²) < 4.78 is 0. The van der Waals surface area contributed by atoms with Crippen LogP contribution in [-0.4, -0.2) is 12.5 Å². The summed E-state index contributed by atoms with van der Waals surface area (Å²) in [5, 5.41) is 3.00. The third kappa shape index (κ3) is 4.83. The standard InChI is InChI=1S/C20H26N2O.ClH/c1-14-9-11-16(12-10-14)18(21)19(23)22-13-20(3,4)17-8-6-5-7-15(17)2;/h5-12,18H,13,21H2,1-4H3,(H,22,23);1H. The lowest BCUT2D eigenvalue weighted by atomic mass is 9.82. The molecule has 2 rings (SSSR count). The number of hydrogen-bond acceptors (Lipinski definition) is 2. The molecule has 1 atom stereocenters. The highest BCUT2D eigenvalue weighted by atomic mass is 35.5. The van der Waals surface area contributed by atoms with Crippen molar-refractivity contribution in [1.82, 2.24) is 5.32 Å². The van der Waals surface area contributed by atoms with Crippen LogP contribution in [0, 0.1) is 13.8 Å². The average molecular weight is 347 g/mol. The first-order valence-electron chi connectivity index (χ1n) is 7.97. The van der Waals surface area contributed by atoms with Gasteiger partial charge in [0.05, 0.1) is 0 Å². The molecule has 3 N–H and O–H groups in total. The highest BCUT2D eigenvalue weighted by molar-refractivity contribution is 5.85. The summed E-state index contributed by atoms with van der Waals surface area (Å²) in [6.07, 6.45) is 0. The van der Waals surface area contributed by atoms with E-state index in [4.69, 9.17) is 5.73 Å². The molecule has 0 spiro atoms. The van der Waals surface area contributed by atoms with Gasteiger partial charge in [0.15, 0.2) is 0 Å². The van der Waals surface area contributed by atoms with Crippen molar-refractivity contribution in [1.29, 1.82) is 0 Å². The van der Waals surface area contributed by atoms with Gasteiger partial charge in [-0.3, -0.25) is 4.79 Å². The van der Waals surface area contributed by atoms with Crippen LogP contribution in [0.25, 0.3) is 0 Å². The minimum Gasteiger partial charge on any atom is -0.354 e. The Kier molecular flexibility index (Phi) is 7.00. The molecule has 2 aromatic rings. The van der Waals surface area contributed by atoms with Crippen LogP contribution in [0.1, 0.15) is 42.1 Å². The van der Waals surface area contributed by atoms with Gasteiger partial charge in [-0.1, -0.05) is 67.9 Å². The number of benzene rings is 2. The molecular formula is C20H27ClN2O. The van der Waals surface area contributed by atoms with E-state index in [2.05, 4.69) is 38.2 Å². The van der Waals surface area contributed by atoms with Crippen LogP contribution in [0.5, 0.6) is 0 Å². The molecule has 130 valence electrons. The normalized spacial score (nSPS) is 12.2. The van der Waals surface area contributed by atoms with E-state index in [1.54, 1.807) is 0 Å². The van der Waals surface area contributed by atoms with Gasteiger partial charge < -0.3 is 11.1 Å². The Hall–Kier alpha value is -1.84. The van der Waals surface area contributed by atoms with E-state index in [0.717, 1.165) is 11.1 Å². The number of nitrogens with one attached hydrogen (secondary N) is 1. The molecule has 1 unspecified atom stereocenters. The number of rotatable bonds is 5. The molecule has 0 saturated carbocycles. The monoisotopic (exact) mass is 346 g/mol. The second-order valence-electron chi connectivity index (χ2n) is 6.80. The van der Waals surface area contributed by atoms with Crippen molar-refractivity contribution >= 4 is 18.3 Å². The highest BCUT2D eigenvalue weighted by Gasteiger charge is 2.24. The molecule has 0 aliphatic rings. The summed E-state index contributed by atoms with van der Waals surface area (Å²) in [5.74, 6) is -0.143. The molecule has 0 aromatic heterocycles. The maximum atomic E-state index is 12.4. The van der Waals surface area contributed by atoms with Gasteiger partial charge in [0.2, 0.25) is 5.91 Å². The molecule has 2 aromatic carbocycles. The van der Waals surface area contributed by atoms with E-state index in [1.165, 1.54) is 11.1 Å². The summed E-state index contributed by atoms with van der Waals surface area (Å²) in [5.41, 5.74) is 10.4. The third-order valence-electron chi connectivity index (χ3n) is 4.30. The molecule has 24 heavy (non-hydrogen) atoms. The number of carbonyl (C=O) groups is 1. The number of amides is 1. The Labute approximate surface area is 151 Å². The van der Waals surface area contributed by atoms with Gasteiger partial charge in [-0.25, -0.2) is 0 Å². The highest BCUT2D eigenvalue weighted by Crippen LogP contribution is 2.25. The summed E-state index contributed by atoms with van der Waals surface area (Å²) in [6, 6.07) is 15.4. The topological polar surface area (TPSA) is 55.1 Å². The predicted molar refractivity (Wildman–Crippen MR) is 103 cm³/mol. The minimum atomic E-state index is -0.636. The summed E-state index contributed by atoms with van der Waals surface area (Å²) in [7, 11) is 0.